The summed E-state index contributed by atoms with van der Waals surface area (Å²) >= 11 is 3.41. The van der Waals surface area contributed by atoms with Crippen LogP contribution in [-0.4, -0.2) is 5.78 Å². The molecule has 0 aliphatic rings. The quantitative estimate of drug-likeness (QED) is 0.759. The summed E-state index contributed by atoms with van der Waals surface area (Å²) in [6.45, 7) is 3.63. The number of aryl methyl sites for hydroxylation is 1. The van der Waals surface area contributed by atoms with E-state index in [1.165, 1.54) is 5.56 Å². The van der Waals surface area contributed by atoms with E-state index in [0.29, 0.717) is 6.42 Å². The average molecular weight is 227 g/mol. The number of benzene rings is 1. The third-order valence-electron chi connectivity index (χ3n) is 1.68. The Morgan fingerprint density at radius 1 is 1.50 bits per heavy atom. The van der Waals surface area contributed by atoms with Crippen molar-refractivity contribution < 1.29 is 4.79 Å². The van der Waals surface area contributed by atoms with Gasteiger partial charge in [-0.3, -0.25) is 4.79 Å². The molecule has 1 nitrogen and oxygen atoms in total. The van der Waals surface area contributed by atoms with E-state index in [4.69, 9.17) is 0 Å². The summed E-state index contributed by atoms with van der Waals surface area (Å²) in [4.78, 5) is 10.8. The molecule has 0 atom stereocenters. The molecule has 0 saturated carbocycles. The average Bonchev–Trinajstić information content (AvgIpc) is 1.96. The Morgan fingerprint density at radius 2 is 2.17 bits per heavy atom. The van der Waals surface area contributed by atoms with E-state index < -0.39 is 0 Å². The highest BCUT2D eigenvalue weighted by Gasteiger charge is 1.99. The largest absolute Gasteiger partial charge is 0.300 e. The van der Waals surface area contributed by atoms with Crippen LogP contribution in [0.4, 0.5) is 0 Å². The second-order valence-corrected chi connectivity index (χ2v) is 3.82. The van der Waals surface area contributed by atoms with Crippen LogP contribution in [0.25, 0.3) is 0 Å². The molecule has 0 aromatic heterocycles. The van der Waals surface area contributed by atoms with Crippen molar-refractivity contribution in [2.75, 3.05) is 0 Å². The second kappa shape index (κ2) is 3.85. The summed E-state index contributed by atoms with van der Waals surface area (Å²) in [5.74, 6) is 0.205. The molecule has 0 unspecified atom stereocenters. The lowest BCUT2D eigenvalue weighted by molar-refractivity contribution is -0.116. The van der Waals surface area contributed by atoms with Gasteiger partial charge in [0, 0.05) is 10.9 Å². The van der Waals surface area contributed by atoms with E-state index in [9.17, 15) is 4.79 Å². The first-order valence-electron chi connectivity index (χ1n) is 3.84. The first-order chi connectivity index (χ1) is 5.59. The van der Waals surface area contributed by atoms with Crippen molar-refractivity contribution in [3.63, 3.8) is 0 Å². The van der Waals surface area contributed by atoms with Crippen LogP contribution in [0, 0.1) is 6.92 Å². The Balaban J connectivity index is 2.89. The Kier molecular flexibility index (Phi) is 3.04. The summed E-state index contributed by atoms with van der Waals surface area (Å²) < 4.78 is 1.09. The molecule has 0 radical (unpaired) electrons. The number of ketones is 1. The maximum atomic E-state index is 10.8. The Bertz CT molecular complexity index is 305. The molecule has 0 spiro atoms. The fourth-order valence-electron chi connectivity index (χ4n) is 1.10. The number of carbonyl (C=O) groups excluding carboxylic acids is 1. The number of Topliss-reactive ketones (excluding diaryl/α,β-unsaturated/α-hetero) is 1. The minimum absolute atomic E-state index is 0.205. The highest BCUT2D eigenvalue weighted by molar-refractivity contribution is 9.10. The fraction of sp³-hybridized carbons (Fsp3) is 0.300. The normalized spacial score (nSPS) is 9.92. The van der Waals surface area contributed by atoms with Crippen molar-refractivity contribution in [1.29, 1.82) is 0 Å². The van der Waals surface area contributed by atoms with Gasteiger partial charge in [0.05, 0.1) is 0 Å². The number of rotatable bonds is 2. The van der Waals surface area contributed by atoms with Gasteiger partial charge < -0.3 is 0 Å². The van der Waals surface area contributed by atoms with Gasteiger partial charge in [-0.2, -0.15) is 0 Å². The maximum Gasteiger partial charge on any atom is 0.134 e. The van der Waals surface area contributed by atoms with Gasteiger partial charge in [-0.15, -0.1) is 0 Å². The predicted molar refractivity (Wildman–Crippen MR) is 53.3 cm³/mol. The van der Waals surface area contributed by atoms with E-state index in [-0.39, 0.29) is 5.78 Å². The zero-order chi connectivity index (χ0) is 9.14. The van der Waals surface area contributed by atoms with Gasteiger partial charge >= 0.3 is 0 Å². The molecule has 1 aromatic rings. The third-order valence-corrected chi connectivity index (χ3v) is 2.57. The summed E-state index contributed by atoms with van der Waals surface area (Å²) in [5, 5.41) is 0. The topological polar surface area (TPSA) is 17.1 Å². The van der Waals surface area contributed by atoms with Gasteiger partial charge in [0.2, 0.25) is 0 Å². The molecule has 0 aliphatic heterocycles. The minimum Gasteiger partial charge on any atom is -0.300 e. The van der Waals surface area contributed by atoms with Crippen molar-refractivity contribution >= 4 is 21.7 Å². The zero-order valence-electron chi connectivity index (χ0n) is 7.23. The van der Waals surface area contributed by atoms with E-state index in [1.54, 1.807) is 6.92 Å². The lowest BCUT2D eigenvalue weighted by Gasteiger charge is -2.01. The summed E-state index contributed by atoms with van der Waals surface area (Å²) in [6, 6.07) is 5.98. The molecular weight excluding hydrogens is 216 g/mol. The molecule has 0 saturated heterocycles. The van der Waals surface area contributed by atoms with Crippen molar-refractivity contribution in [3.8, 4) is 0 Å². The molecule has 1 rings (SSSR count). The maximum absolute atomic E-state index is 10.8. The minimum atomic E-state index is 0.205. The third kappa shape index (κ3) is 2.45. The highest BCUT2D eigenvalue weighted by Crippen LogP contribution is 2.17. The Hall–Kier alpha value is -0.630. The Labute approximate surface area is 80.9 Å². The fourth-order valence-corrected chi connectivity index (χ4v) is 1.35. The highest BCUT2D eigenvalue weighted by atomic mass is 79.9. The standard InChI is InChI=1S/C10H11BrO/c1-7-5-9(6-8(2)12)3-4-10(7)11/h3-5H,6H2,1-2H3. The van der Waals surface area contributed by atoms with Crippen molar-refractivity contribution in [2.24, 2.45) is 0 Å². The molecule has 2 heteroatoms. The van der Waals surface area contributed by atoms with Gasteiger partial charge in [-0.1, -0.05) is 28.1 Å². The van der Waals surface area contributed by atoms with Crippen molar-refractivity contribution in [1.82, 2.24) is 0 Å². The van der Waals surface area contributed by atoms with Gasteiger partial charge in [0.1, 0.15) is 5.78 Å². The lowest BCUT2D eigenvalue weighted by atomic mass is 10.1. The second-order valence-electron chi connectivity index (χ2n) is 2.96. The number of halogens is 1. The van der Waals surface area contributed by atoms with Gasteiger partial charge in [-0.05, 0) is 31.0 Å². The van der Waals surface area contributed by atoms with Crippen LogP contribution in [0.3, 0.4) is 0 Å². The van der Waals surface area contributed by atoms with Gasteiger partial charge in [-0.25, -0.2) is 0 Å². The monoisotopic (exact) mass is 226 g/mol. The van der Waals surface area contributed by atoms with Crippen LogP contribution >= 0.6 is 15.9 Å². The summed E-state index contributed by atoms with van der Waals surface area (Å²) in [6.07, 6.45) is 0.536. The van der Waals surface area contributed by atoms with Crippen molar-refractivity contribution in [2.45, 2.75) is 20.3 Å². The van der Waals surface area contributed by atoms with Crippen LogP contribution < -0.4 is 0 Å². The molecule has 64 valence electrons. The first kappa shape index (κ1) is 9.46. The molecule has 0 N–H and O–H groups in total. The molecular formula is C10H11BrO. The zero-order valence-corrected chi connectivity index (χ0v) is 8.81. The van der Waals surface area contributed by atoms with Gasteiger partial charge in [0.15, 0.2) is 0 Å². The lowest BCUT2D eigenvalue weighted by Crippen LogP contribution is -1.96. The van der Waals surface area contributed by atoms with E-state index in [1.807, 2.05) is 25.1 Å². The van der Waals surface area contributed by atoms with E-state index >= 15 is 0 Å². The molecule has 12 heavy (non-hydrogen) atoms. The van der Waals surface area contributed by atoms with Gasteiger partial charge in [0.25, 0.3) is 0 Å². The first-order valence-corrected chi connectivity index (χ1v) is 4.63. The van der Waals surface area contributed by atoms with Crippen LogP contribution in [0.1, 0.15) is 18.1 Å². The summed E-state index contributed by atoms with van der Waals surface area (Å²) in [5.41, 5.74) is 2.26. The SMILES string of the molecule is CC(=O)Cc1ccc(Br)c(C)c1. The summed E-state index contributed by atoms with van der Waals surface area (Å²) in [7, 11) is 0. The molecule has 1 aromatic carbocycles. The van der Waals surface area contributed by atoms with E-state index in [0.717, 1.165) is 10.0 Å². The van der Waals surface area contributed by atoms with Crippen LogP contribution in [0.15, 0.2) is 22.7 Å². The smallest absolute Gasteiger partial charge is 0.134 e. The number of carbonyl (C=O) groups is 1. The number of hydrogen-bond acceptors (Lipinski definition) is 1. The van der Waals surface area contributed by atoms with Crippen LogP contribution in [0.5, 0.6) is 0 Å². The number of hydrogen-bond donors (Lipinski definition) is 0. The van der Waals surface area contributed by atoms with Crippen LogP contribution in [0.2, 0.25) is 0 Å². The van der Waals surface area contributed by atoms with E-state index in [2.05, 4.69) is 15.9 Å². The molecule has 0 heterocycles. The Morgan fingerprint density at radius 3 is 2.67 bits per heavy atom. The predicted octanol–water partition coefficient (Wildman–Crippen LogP) is 2.89. The molecule has 0 aliphatic carbocycles. The van der Waals surface area contributed by atoms with Crippen molar-refractivity contribution in [3.05, 3.63) is 33.8 Å². The molecule has 0 amide bonds. The molecule has 0 fully saturated rings. The molecule has 0 bridgehead atoms. The van der Waals surface area contributed by atoms with Crippen LogP contribution in [-0.2, 0) is 11.2 Å².